The highest BCUT2D eigenvalue weighted by Crippen LogP contribution is 2.32. The zero-order valence-corrected chi connectivity index (χ0v) is 31.5. The molecule has 2 aromatic carbocycles. The first-order valence-corrected chi connectivity index (χ1v) is 21.4. The van der Waals surface area contributed by atoms with Crippen LogP contribution in [0.15, 0.2) is 54.6 Å². The van der Waals surface area contributed by atoms with Gasteiger partial charge in [-0.15, -0.1) is 0 Å². The van der Waals surface area contributed by atoms with Crippen LogP contribution in [0.2, 0.25) is 25.7 Å². The quantitative estimate of drug-likeness (QED) is 0.0738. The van der Waals surface area contributed by atoms with Gasteiger partial charge >= 0.3 is 6.09 Å². The number of nitrogens with one attached hydrogen (secondary N) is 4. The van der Waals surface area contributed by atoms with Crippen LogP contribution in [0.5, 0.6) is 0 Å². The van der Waals surface area contributed by atoms with E-state index < -0.39 is 19.8 Å². The zero-order chi connectivity index (χ0) is 35.6. The topological polar surface area (TPSA) is 139 Å². The number of amides is 1. The van der Waals surface area contributed by atoms with Gasteiger partial charge in [0, 0.05) is 58.7 Å². The predicted molar refractivity (Wildman–Crippen MR) is 202 cm³/mol. The zero-order valence-electron chi connectivity index (χ0n) is 30.5. The molecular formula is C37H54N8O4Si. The molecule has 1 saturated heterocycles. The number of rotatable bonds is 16. The Bertz CT molecular complexity index is 1670. The summed E-state index contributed by atoms with van der Waals surface area (Å²) in [6, 6.07) is 19.5. The summed E-state index contributed by atoms with van der Waals surface area (Å²) in [5.74, 6) is 0.550. The highest BCUT2D eigenvalue weighted by atomic mass is 28.3. The van der Waals surface area contributed by atoms with E-state index in [-0.39, 0.29) is 6.04 Å². The van der Waals surface area contributed by atoms with Crippen molar-refractivity contribution in [3.63, 3.8) is 0 Å². The number of nitrogens with zero attached hydrogens (tertiary/aromatic N) is 4. The van der Waals surface area contributed by atoms with Crippen molar-refractivity contribution in [3.8, 4) is 11.3 Å². The second-order valence-corrected chi connectivity index (χ2v) is 20.6. The fourth-order valence-electron chi connectivity index (χ4n) is 5.69. The molecule has 4 N–H and O–H groups in total. The van der Waals surface area contributed by atoms with Gasteiger partial charge in [-0.2, -0.15) is 10.1 Å². The molecule has 270 valence electrons. The maximum Gasteiger partial charge on any atom is 0.407 e. The molecule has 4 aromatic rings. The molecule has 0 bridgehead atoms. The van der Waals surface area contributed by atoms with Crippen LogP contribution in [-0.4, -0.2) is 97.4 Å². The van der Waals surface area contributed by atoms with Crippen molar-refractivity contribution < 1.29 is 19.0 Å². The number of aromatic amines is 1. The molecule has 0 saturated carbocycles. The van der Waals surface area contributed by atoms with E-state index >= 15 is 0 Å². The summed E-state index contributed by atoms with van der Waals surface area (Å²) in [6.45, 7) is 19.2. The van der Waals surface area contributed by atoms with Gasteiger partial charge in [0.15, 0.2) is 5.65 Å². The number of alkyl carbamates (subject to hydrolysis) is 1. The van der Waals surface area contributed by atoms with Gasteiger partial charge in [-0.25, -0.2) is 9.78 Å². The molecule has 0 radical (unpaired) electrons. The normalized spacial score (nSPS) is 14.8. The molecule has 3 heterocycles. The average Bonchev–Trinajstić information content (AvgIpc) is 3.50. The number of ether oxygens (including phenoxy) is 3. The lowest BCUT2D eigenvalue weighted by atomic mass is 10.0. The monoisotopic (exact) mass is 702 g/mol. The van der Waals surface area contributed by atoms with E-state index in [1.54, 1.807) is 0 Å². The standard InChI is InChI=1S/C37H54N8O4Si/c1-37(2,3)49-36(46)39-16-15-30(27-11-8-7-9-12-27)40-29-14-10-13-28(25-29)33-32-31(26-48-23-24-50(4,5)6)41-35(42-34(32)44-43-33)38-17-18-45-19-21-47-22-20-45/h7-14,25,30,40H,15-24,26H2,1-6H3,(H,39,46)(H2,38,41,42,43,44). The van der Waals surface area contributed by atoms with E-state index in [1.165, 1.54) is 0 Å². The summed E-state index contributed by atoms with van der Waals surface area (Å²) in [4.78, 5) is 24.5. The molecule has 1 unspecified atom stereocenters. The lowest BCUT2D eigenvalue weighted by molar-refractivity contribution is 0.0398. The molecule has 1 aliphatic rings. The van der Waals surface area contributed by atoms with E-state index in [9.17, 15) is 4.79 Å². The fourth-order valence-corrected chi connectivity index (χ4v) is 6.45. The Balaban J connectivity index is 1.35. The summed E-state index contributed by atoms with van der Waals surface area (Å²) in [5, 5.41) is 18.8. The minimum absolute atomic E-state index is 0.0512. The van der Waals surface area contributed by atoms with E-state index in [1.807, 2.05) is 51.1 Å². The number of anilines is 2. The molecule has 1 amide bonds. The largest absolute Gasteiger partial charge is 0.444 e. The number of fused-ring (bicyclic) bond motifs is 1. The third-order valence-electron chi connectivity index (χ3n) is 8.33. The maximum atomic E-state index is 12.3. The van der Waals surface area contributed by atoms with Gasteiger partial charge in [0.05, 0.1) is 42.6 Å². The van der Waals surface area contributed by atoms with Crippen molar-refractivity contribution in [2.45, 2.75) is 71.1 Å². The van der Waals surface area contributed by atoms with E-state index in [4.69, 9.17) is 24.2 Å². The summed E-state index contributed by atoms with van der Waals surface area (Å²) in [5.41, 5.74) is 4.71. The minimum atomic E-state index is -1.25. The number of hydrogen-bond acceptors (Lipinski definition) is 10. The number of morpholine rings is 1. The Morgan fingerprint density at radius 1 is 1.04 bits per heavy atom. The van der Waals surface area contributed by atoms with Gasteiger partial charge in [-0.3, -0.25) is 10.00 Å². The number of carbonyl (C=O) groups excluding carboxylic acids is 1. The van der Waals surface area contributed by atoms with Crippen LogP contribution in [-0.2, 0) is 20.8 Å². The summed E-state index contributed by atoms with van der Waals surface area (Å²) in [6.07, 6.45) is 0.240. The molecule has 50 heavy (non-hydrogen) atoms. The molecular weight excluding hydrogens is 649 g/mol. The van der Waals surface area contributed by atoms with Crippen molar-refractivity contribution >= 4 is 36.8 Å². The molecule has 1 atom stereocenters. The third-order valence-corrected chi connectivity index (χ3v) is 10.0. The minimum Gasteiger partial charge on any atom is -0.444 e. The predicted octanol–water partition coefficient (Wildman–Crippen LogP) is 6.69. The third kappa shape index (κ3) is 11.5. The number of aromatic nitrogens is 4. The van der Waals surface area contributed by atoms with Gasteiger partial charge in [0.25, 0.3) is 0 Å². The van der Waals surface area contributed by atoms with E-state index in [2.05, 4.69) is 75.0 Å². The van der Waals surface area contributed by atoms with Crippen LogP contribution in [0.3, 0.4) is 0 Å². The Kier molecular flexibility index (Phi) is 12.8. The molecule has 1 fully saturated rings. The van der Waals surface area contributed by atoms with Crippen molar-refractivity contribution in [2.75, 3.05) is 63.2 Å². The Morgan fingerprint density at radius 3 is 2.56 bits per heavy atom. The van der Waals surface area contributed by atoms with Gasteiger partial charge in [0.1, 0.15) is 5.60 Å². The van der Waals surface area contributed by atoms with Gasteiger partial charge in [0.2, 0.25) is 5.95 Å². The van der Waals surface area contributed by atoms with Crippen molar-refractivity contribution in [2.24, 2.45) is 0 Å². The van der Waals surface area contributed by atoms with E-state index in [0.29, 0.717) is 37.8 Å². The van der Waals surface area contributed by atoms with Crippen molar-refractivity contribution in [3.05, 3.63) is 65.9 Å². The first-order chi connectivity index (χ1) is 23.9. The first kappa shape index (κ1) is 37.2. The number of benzene rings is 2. The van der Waals surface area contributed by atoms with E-state index in [0.717, 1.165) is 79.0 Å². The van der Waals surface area contributed by atoms with Crippen molar-refractivity contribution in [1.82, 2.24) is 30.4 Å². The highest BCUT2D eigenvalue weighted by Gasteiger charge is 2.20. The molecule has 5 rings (SSSR count). The molecule has 1 aliphatic heterocycles. The highest BCUT2D eigenvalue weighted by molar-refractivity contribution is 6.76. The van der Waals surface area contributed by atoms with Gasteiger partial charge < -0.3 is 30.2 Å². The maximum absolute atomic E-state index is 12.3. The first-order valence-electron chi connectivity index (χ1n) is 17.7. The van der Waals surface area contributed by atoms with Crippen molar-refractivity contribution in [1.29, 1.82) is 0 Å². The molecule has 13 heteroatoms. The fraction of sp³-hybridized carbons (Fsp3) is 0.514. The van der Waals surface area contributed by atoms with Gasteiger partial charge in [-0.05, 0) is 50.9 Å². The van der Waals surface area contributed by atoms with Crippen LogP contribution >= 0.6 is 0 Å². The number of carbonyl (C=O) groups is 1. The molecule has 2 aromatic heterocycles. The number of hydrogen-bond donors (Lipinski definition) is 4. The molecule has 0 aliphatic carbocycles. The average molecular weight is 703 g/mol. The van der Waals surface area contributed by atoms with Crippen LogP contribution in [0.4, 0.5) is 16.4 Å². The Hall–Kier alpha value is -4.04. The Labute approximate surface area is 297 Å². The van der Waals surface area contributed by atoms with Crippen LogP contribution in [0, 0.1) is 0 Å². The van der Waals surface area contributed by atoms with Crippen LogP contribution in [0.25, 0.3) is 22.3 Å². The lowest BCUT2D eigenvalue weighted by Crippen LogP contribution is -2.39. The summed E-state index contributed by atoms with van der Waals surface area (Å²) in [7, 11) is -1.25. The van der Waals surface area contributed by atoms with Crippen LogP contribution in [0.1, 0.15) is 44.5 Å². The summed E-state index contributed by atoms with van der Waals surface area (Å²) >= 11 is 0. The molecule has 0 spiro atoms. The second kappa shape index (κ2) is 17.3. The van der Waals surface area contributed by atoms with Crippen LogP contribution < -0.4 is 16.0 Å². The number of H-pyrrole nitrogens is 1. The second-order valence-electron chi connectivity index (χ2n) is 14.9. The summed E-state index contributed by atoms with van der Waals surface area (Å²) < 4.78 is 17.1. The smallest absolute Gasteiger partial charge is 0.407 e. The van der Waals surface area contributed by atoms with Gasteiger partial charge in [-0.1, -0.05) is 62.1 Å². The lowest BCUT2D eigenvalue weighted by Gasteiger charge is -2.26. The molecule has 12 nitrogen and oxygen atoms in total. The SMILES string of the molecule is CC(C)(C)OC(=O)NCCC(Nc1cccc(-c2[nH]nc3nc(NCCN4CCOCC4)nc(COCC[Si](C)(C)C)c23)c1)c1ccccc1. The Morgan fingerprint density at radius 2 is 1.82 bits per heavy atom.